The highest BCUT2D eigenvalue weighted by molar-refractivity contribution is 5.86. The standard InChI is InChI=1S/C27H30N2O5/c1-4-5-14-23(26(32)28-24(17(2)3)15-25(30)31)29-27(33)34-16-22-20-12-8-6-10-18(20)19-11-7-9-13-21(19)22/h6-13,17,22-24H,14-16H2,1-3H3,(H,28,32)(H,29,33)(H,30,31)/t23?,24-/m0/s1. The normalized spacial score (nSPS) is 13.6. The van der Waals surface area contributed by atoms with Crippen molar-refractivity contribution in [2.24, 2.45) is 5.92 Å². The zero-order valence-corrected chi connectivity index (χ0v) is 19.6. The fraction of sp³-hybridized carbons (Fsp3) is 0.370. The first-order valence-electron chi connectivity index (χ1n) is 11.3. The van der Waals surface area contributed by atoms with Crippen molar-refractivity contribution < 1.29 is 24.2 Å². The van der Waals surface area contributed by atoms with Crippen LogP contribution in [0.2, 0.25) is 0 Å². The van der Waals surface area contributed by atoms with Gasteiger partial charge in [-0.15, -0.1) is 11.8 Å². The largest absolute Gasteiger partial charge is 0.481 e. The molecule has 7 heteroatoms. The van der Waals surface area contributed by atoms with E-state index >= 15 is 0 Å². The number of hydrogen-bond acceptors (Lipinski definition) is 4. The molecule has 34 heavy (non-hydrogen) atoms. The van der Waals surface area contributed by atoms with Crippen LogP contribution in [0.5, 0.6) is 0 Å². The van der Waals surface area contributed by atoms with Gasteiger partial charge in [-0.1, -0.05) is 62.4 Å². The maximum absolute atomic E-state index is 12.8. The Kier molecular flexibility index (Phi) is 8.31. The van der Waals surface area contributed by atoms with Crippen molar-refractivity contribution in [3.8, 4) is 23.0 Å². The van der Waals surface area contributed by atoms with Gasteiger partial charge in [0.25, 0.3) is 0 Å². The van der Waals surface area contributed by atoms with Crippen molar-refractivity contribution >= 4 is 18.0 Å². The molecule has 2 atom stereocenters. The minimum absolute atomic E-state index is 0.0877. The zero-order valence-electron chi connectivity index (χ0n) is 19.6. The molecule has 2 amide bonds. The van der Waals surface area contributed by atoms with Gasteiger partial charge in [-0.25, -0.2) is 4.79 Å². The number of carboxylic acid groups (broad SMARTS) is 1. The van der Waals surface area contributed by atoms with E-state index in [0.717, 1.165) is 22.3 Å². The van der Waals surface area contributed by atoms with Crippen molar-refractivity contribution in [3.63, 3.8) is 0 Å². The number of rotatable bonds is 9. The van der Waals surface area contributed by atoms with Crippen LogP contribution in [-0.2, 0) is 14.3 Å². The molecular weight excluding hydrogens is 432 g/mol. The third-order valence-corrected chi connectivity index (χ3v) is 5.96. The number of hydrogen-bond donors (Lipinski definition) is 3. The Morgan fingerprint density at radius 3 is 2.12 bits per heavy atom. The summed E-state index contributed by atoms with van der Waals surface area (Å²) in [5.41, 5.74) is 4.44. The summed E-state index contributed by atoms with van der Waals surface area (Å²) in [7, 11) is 0. The molecule has 0 spiro atoms. The number of benzene rings is 2. The van der Waals surface area contributed by atoms with Gasteiger partial charge in [-0.3, -0.25) is 9.59 Å². The molecule has 2 aromatic rings. The summed E-state index contributed by atoms with van der Waals surface area (Å²) in [4.78, 5) is 36.6. The van der Waals surface area contributed by atoms with Crippen LogP contribution in [0, 0.1) is 17.8 Å². The molecule has 2 aromatic carbocycles. The van der Waals surface area contributed by atoms with Crippen LogP contribution in [-0.4, -0.2) is 41.8 Å². The Morgan fingerprint density at radius 1 is 1.00 bits per heavy atom. The summed E-state index contributed by atoms with van der Waals surface area (Å²) in [6.45, 7) is 5.42. The van der Waals surface area contributed by atoms with Gasteiger partial charge in [0.15, 0.2) is 0 Å². The number of fused-ring (bicyclic) bond motifs is 3. The van der Waals surface area contributed by atoms with E-state index in [9.17, 15) is 14.4 Å². The first kappa shape index (κ1) is 24.8. The van der Waals surface area contributed by atoms with E-state index in [1.54, 1.807) is 6.92 Å². The molecule has 0 radical (unpaired) electrons. The average molecular weight is 463 g/mol. The predicted octanol–water partition coefficient (Wildman–Crippen LogP) is 3.92. The number of amides is 2. The third-order valence-electron chi connectivity index (χ3n) is 5.96. The molecule has 0 saturated heterocycles. The van der Waals surface area contributed by atoms with Gasteiger partial charge in [0.1, 0.15) is 12.6 Å². The van der Waals surface area contributed by atoms with Crippen molar-refractivity contribution in [2.75, 3.05) is 6.61 Å². The topological polar surface area (TPSA) is 105 Å². The molecule has 0 bridgehead atoms. The van der Waals surface area contributed by atoms with Gasteiger partial charge in [0.2, 0.25) is 5.91 Å². The molecule has 1 aliphatic carbocycles. The summed E-state index contributed by atoms with van der Waals surface area (Å²) in [5.74, 6) is 3.84. The second-order valence-electron chi connectivity index (χ2n) is 8.61. The molecular formula is C27H30N2O5. The monoisotopic (exact) mass is 462 g/mol. The maximum Gasteiger partial charge on any atom is 0.407 e. The van der Waals surface area contributed by atoms with E-state index in [1.165, 1.54) is 0 Å². The van der Waals surface area contributed by atoms with Crippen LogP contribution < -0.4 is 10.6 Å². The van der Waals surface area contributed by atoms with E-state index in [0.29, 0.717) is 0 Å². The number of nitrogens with one attached hydrogen (secondary N) is 2. The predicted molar refractivity (Wildman–Crippen MR) is 129 cm³/mol. The molecule has 0 saturated carbocycles. The second kappa shape index (κ2) is 11.4. The Morgan fingerprint density at radius 2 is 1.59 bits per heavy atom. The fourth-order valence-electron chi connectivity index (χ4n) is 4.12. The summed E-state index contributed by atoms with van der Waals surface area (Å²) in [5, 5.41) is 14.4. The van der Waals surface area contributed by atoms with Crippen LogP contribution in [0.15, 0.2) is 48.5 Å². The van der Waals surface area contributed by atoms with Gasteiger partial charge >= 0.3 is 12.1 Å². The van der Waals surface area contributed by atoms with E-state index in [4.69, 9.17) is 9.84 Å². The molecule has 0 heterocycles. The molecule has 0 aliphatic heterocycles. The van der Waals surface area contributed by atoms with Crippen LogP contribution >= 0.6 is 0 Å². The van der Waals surface area contributed by atoms with Crippen LogP contribution in [0.25, 0.3) is 11.1 Å². The summed E-state index contributed by atoms with van der Waals surface area (Å²) >= 11 is 0. The minimum atomic E-state index is -1.01. The Bertz CT molecular complexity index is 1070. The third kappa shape index (κ3) is 5.96. The quantitative estimate of drug-likeness (QED) is 0.490. The smallest absolute Gasteiger partial charge is 0.407 e. The van der Waals surface area contributed by atoms with E-state index in [2.05, 4.69) is 34.6 Å². The number of carboxylic acids is 1. The van der Waals surface area contributed by atoms with Crippen molar-refractivity contribution in [1.29, 1.82) is 0 Å². The number of carbonyl (C=O) groups is 3. The number of ether oxygens (including phenoxy) is 1. The van der Waals surface area contributed by atoms with E-state index in [1.807, 2.05) is 50.2 Å². The lowest BCUT2D eigenvalue weighted by Crippen LogP contribution is -2.51. The Hall–Kier alpha value is -3.79. The van der Waals surface area contributed by atoms with E-state index in [-0.39, 0.29) is 31.3 Å². The summed E-state index contributed by atoms with van der Waals surface area (Å²) < 4.78 is 5.54. The van der Waals surface area contributed by atoms with Crippen LogP contribution in [0.3, 0.4) is 0 Å². The Balaban J connectivity index is 1.67. The molecule has 0 aromatic heterocycles. The first-order valence-corrected chi connectivity index (χ1v) is 11.3. The summed E-state index contributed by atoms with van der Waals surface area (Å²) in [6, 6.07) is 14.5. The van der Waals surface area contributed by atoms with Gasteiger partial charge in [-0.05, 0) is 35.1 Å². The highest BCUT2D eigenvalue weighted by Gasteiger charge is 2.30. The molecule has 3 rings (SSSR count). The summed E-state index contributed by atoms with van der Waals surface area (Å²) in [6.07, 6.45) is -0.843. The number of carbonyl (C=O) groups excluding carboxylic acids is 2. The number of aliphatic carboxylic acids is 1. The molecule has 1 aliphatic rings. The molecule has 178 valence electrons. The van der Waals surface area contributed by atoms with E-state index < -0.39 is 30.1 Å². The van der Waals surface area contributed by atoms with Crippen molar-refractivity contribution in [2.45, 2.75) is 51.6 Å². The molecule has 1 unspecified atom stereocenters. The lowest BCUT2D eigenvalue weighted by atomic mass is 9.98. The fourth-order valence-corrected chi connectivity index (χ4v) is 4.12. The van der Waals surface area contributed by atoms with Gasteiger partial charge in [0, 0.05) is 18.4 Å². The van der Waals surface area contributed by atoms with Gasteiger partial charge in [-0.2, -0.15) is 0 Å². The zero-order chi connectivity index (χ0) is 24.7. The minimum Gasteiger partial charge on any atom is -0.481 e. The van der Waals surface area contributed by atoms with Crippen LogP contribution in [0.4, 0.5) is 4.79 Å². The average Bonchev–Trinajstić information content (AvgIpc) is 3.13. The molecule has 7 nitrogen and oxygen atoms in total. The Labute approximate surface area is 199 Å². The lowest BCUT2D eigenvalue weighted by molar-refractivity contribution is -0.138. The highest BCUT2D eigenvalue weighted by Crippen LogP contribution is 2.44. The van der Waals surface area contributed by atoms with Crippen molar-refractivity contribution in [1.82, 2.24) is 10.6 Å². The maximum atomic E-state index is 12.8. The number of alkyl carbamates (subject to hydrolysis) is 1. The molecule has 0 fully saturated rings. The van der Waals surface area contributed by atoms with Gasteiger partial charge in [0.05, 0.1) is 6.42 Å². The van der Waals surface area contributed by atoms with Gasteiger partial charge < -0.3 is 20.5 Å². The first-order chi connectivity index (χ1) is 16.3. The SMILES string of the molecule is CC#CCC(NC(=O)OCC1c2ccccc2-c2ccccc21)C(=O)N[C@@H](CC(=O)O)C(C)C. The van der Waals surface area contributed by atoms with Crippen molar-refractivity contribution in [3.05, 3.63) is 59.7 Å². The lowest BCUT2D eigenvalue weighted by Gasteiger charge is -2.24. The van der Waals surface area contributed by atoms with Crippen LogP contribution in [0.1, 0.15) is 50.7 Å². The highest BCUT2D eigenvalue weighted by atomic mass is 16.5. The molecule has 3 N–H and O–H groups in total. The second-order valence-corrected chi connectivity index (χ2v) is 8.61.